The summed E-state index contributed by atoms with van der Waals surface area (Å²) in [7, 11) is 1.72. The zero-order valence-electron chi connectivity index (χ0n) is 14.9. The summed E-state index contributed by atoms with van der Waals surface area (Å²) in [6.07, 6.45) is 5.12. The first-order chi connectivity index (χ1) is 13.5. The smallest absolute Gasteiger partial charge is 0.250 e. The van der Waals surface area contributed by atoms with Gasteiger partial charge in [-0.2, -0.15) is 0 Å². The number of nitrogens with zero attached hydrogens (tertiary/aromatic N) is 4. The molecule has 1 N–H and O–H groups in total. The number of fused-ring (bicyclic) bond motifs is 1. The summed E-state index contributed by atoms with van der Waals surface area (Å²) >= 11 is 12.1. The van der Waals surface area contributed by atoms with Crippen LogP contribution in [0.25, 0.3) is 22.0 Å². The fourth-order valence-electron chi connectivity index (χ4n) is 2.92. The third-order valence-electron chi connectivity index (χ3n) is 4.31. The zero-order valence-corrected chi connectivity index (χ0v) is 16.4. The van der Waals surface area contributed by atoms with Gasteiger partial charge < -0.3 is 9.88 Å². The van der Waals surface area contributed by atoms with Crippen molar-refractivity contribution in [3.8, 4) is 11.1 Å². The molecule has 3 aromatic heterocycles. The van der Waals surface area contributed by atoms with E-state index in [1.807, 2.05) is 24.3 Å². The quantitative estimate of drug-likeness (QED) is 0.506. The van der Waals surface area contributed by atoms with Crippen molar-refractivity contribution in [2.75, 3.05) is 5.32 Å². The molecule has 0 amide bonds. The third-order valence-corrected chi connectivity index (χ3v) is 4.68. The highest BCUT2D eigenvalue weighted by molar-refractivity contribution is 6.30. The van der Waals surface area contributed by atoms with Crippen molar-refractivity contribution < 1.29 is 0 Å². The summed E-state index contributed by atoms with van der Waals surface area (Å²) < 4.78 is 1.54. The lowest BCUT2D eigenvalue weighted by atomic mass is 10.1. The van der Waals surface area contributed by atoms with Gasteiger partial charge in [-0.1, -0.05) is 17.7 Å². The van der Waals surface area contributed by atoms with Crippen LogP contribution in [0.3, 0.4) is 0 Å². The first-order valence-corrected chi connectivity index (χ1v) is 9.23. The predicted molar refractivity (Wildman–Crippen MR) is 112 cm³/mol. The molecule has 0 unspecified atom stereocenters. The van der Waals surface area contributed by atoms with E-state index in [4.69, 9.17) is 23.2 Å². The molecule has 0 aliphatic rings. The number of aromatic nitrogens is 4. The van der Waals surface area contributed by atoms with Gasteiger partial charge in [-0.05, 0) is 52.6 Å². The first kappa shape index (κ1) is 18.4. The monoisotopic (exact) mass is 411 g/mol. The fraction of sp³-hybridized carbons (Fsp3) is 0.100. The van der Waals surface area contributed by atoms with Gasteiger partial charge in [-0.15, -0.1) is 0 Å². The van der Waals surface area contributed by atoms with E-state index in [9.17, 15) is 4.79 Å². The van der Waals surface area contributed by atoms with E-state index in [1.165, 1.54) is 0 Å². The molecule has 4 rings (SSSR count). The topological polar surface area (TPSA) is 72.7 Å². The number of aryl methyl sites for hydroxylation is 1. The van der Waals surface area contributed by atoms with Crippen LogP contribution in [0, 0.1) is 0 Å². The number of pyridine rings is 2. The minimum atomic E-state index is -0.0582. The molecular formula is C20H15Cl2N5O. The Kier molecular flexibility index (Phi) is 4.98. The Labute approximate surface area is 170 Å². The van der Waals surface area contributed by atoms with Crippen molar-refractivity contribution in [2.45, 2.75) is 6.54 Å². The van der Waals surface area contributed by atoms with Gasteiger partial charge >= 0.3 is 0 Å². The molecule has 140 valence electrons. The molecule has 0 radical (unpaired) electrons. The Morgan fingerprint density at radius 2 is 1.86 bits per heavy atom. The second-order valence-corrected chi connectivity index (χ2v) is 7.08. The Balaban J connectivity index is 1.74. The molecule has 0 bridgehead atoms. The lowest BCUT2D eigenvalue weighted by Gasteiger charge is -2.11. The molecule has 0 aliphatic heterocycles. The first-order valence-electron chi connectivity index (χ1n) is 8.47. The van der Waals surface area contributed by atoms with Gasteiger partial charge in [0.1, 0.15) is 5.82 Å². The Morgan fingerprint density at radius 3 is 2.64 bits per heavy atom. The Hall–Kier alpha value is -2.96. The van der Waals surface area contributed by atoms with Gasteiger partial charge in [0.2, 0.25) is 10.8 Å². The number of rotatable bonds is 4. The zero-order chi connectivity index (χ0) is 19.7. The second-order valence-electron chi connectivity index (χ2n) is 6.31. The molecule has 0 aliphatic carbocycles. The van der Waals surface area contributed by atoms with Gasteiger partial charge in [0.15, 0.2) is 0 Å². The van der Waals surface area contributed by atoms with Crippen LogP contribution in [0.15, 0.2) is 59.8 Å². The summed E-state index contributed by atoms with van der Waals surface area (Å²) in [5.74, 6) is 0.613. The minimum absolute atomic E-state index is 0.0582. The summed E-state index contributed by atoms with van der Waals surface area (Å²) in [5, 5.41) is 4.84. The standard InChI is InChI=1S/C20H15Cl2N5O/c1-27-11-14(3-5-18(27)28)13-2-4-17-16(7-13)19(26-20(22)25-17)24-9-12-6-15(21)10-23-8-12/h2-8,10-11H,9H2,1H3,(H,24,25,26). The molecule has 0 fully saturated rings. The van der Waals surface area contributed by atoms with Gasteiger partial charge in [-0.3, -0.25) is 9.78 Å². The van der Waals surface area contributed by atoms with Crippen LogP contribution in [0.2, 0.25) is 10.3 Å². The number of benzene rings is 1. The molecule has 28 heavy (non-hydrogen) atoms. The van der Waals surface area contributed by atoms with Crippen molar-refractivity contribution in [2.24, 2.45) is 7.05 Å². The molecule has 6 nitrogen and oxygen atoms in total. The van der Waals surface area contributed by atoms with Crippen molar-refractivity contribution >= 4 is 39.9 Å². The van der Waals surface area contributed by atoms with Gasteiger partial charge in [0.25, 0.3) is 0 Å². The highest BCUT2D eigenvalue weighted by Gasteiger charge is 2.09. The van der Waals surface area contributed by atoms with E-state index in [0.29, 0.717) is 17.4 Å². The van der Waals surface area contributed by atoms with Crippen LogP contribution in [0.4, 0.5) is 5.82 Å². The van der Waals surface area contributed by atoms with Crippen molar-refractivity contribution in [1.82, 2.24) is 19.5 Å². The largest absolute Gasteiger partial charge is 0.365 e. The van der Waals surface area contributed by atoms with E-state index >= 15 is 0 Å². The van der Waals surface area contributed by atoms with Crippen LogP contribution in [-0.2, 0) is 13.6 Å². The average molecular weight is 412 g/mol. The summed E-state index contributed by atoms with van der Waals surface area (Å²) in [6.45, 7) is 0.486. The fourth-order valence-corrected chi connectivity index (χ4v) is 3.29. The van der Waals surface area contributed by atoms with Crippen LogP contribution < -0.4 is 10.9 Å². The van der Waals surface area contributed by atoms with Gasteiger partial charge in [0, 0.05) is 43.6 Å². The molecule has 3 heterocycles. The molecule has 0 saturated heterocycles. The molecule has 8 heteroatoms. The SMILES string of the molecule is Cn1cc(-c2ccc3nc(Cl)nc(NCc4cncc(Cl)c4)c3c2)ccc1=O. The minimum Gasteiger partial charge on any atom is -0.365 e. The number of hydrogen-bond donors (Lipinski definition) is 1. The number of hydrogen-bond acceptors (Lipinski definition) is 5. The summed E-state index contributed by atoms with van der Waals surface area (Å²) in [6, 6.07) is 11.0. The number of halogens is 2. The van der Waals surface area contributed by atoms with Gasteiger partial charge in [0.05, 0.1) is 10.5 Å². The van der Waals surface area contributed by atoms with Crippen molar-refractivity contribution in [3.63, 3.8) is 0 Å². The number of anilines is 1. The lowest BCUT2D eigenvalue weighted by molar-refractivity contribution is 0.862. The van der Waals surface area contributed by atoms with Crippen molar-refractivity contribution in [1.29, 1.82) is 0 Å². The maximum absolute atomic E-state index is 11.7. The maximum Gasteiger partial charge on any atom is 0.250 e. The normalized spacial score (nSPS) is 11.0. The van der Waals surface area contributed by atoms with Crippen molar-refractivity contribution in [3.05, 3.63) is 81.2 Å². The molecule has 0 saturated carbocycles. The molecular weight excluding hydrogens is 397 g/mol. The van der Waals surface area contributed by atoms with E-state index in [0.717, 1.165) is 27.6 Å². The lowest BCUT2D eigenvalue weighted by Crippen LogP contribution is -2.13. The average Bonchev–Trinajstić information content (AvgIpc) is 2.68. The van der Waals surface area contributed by atoms with E-state index in [-0.39, 0.29) is 10.8 Å². The van der Waals surface area contributed by atoms with Crippen LogP contribution in [-0.4, -0.2) is 19.5 Å². The predicted octanol–water partition coefficient (Wildman–Crippen LogP) is 4.31. The molecule has 0 spiro atoms. The Bertz CT molecular complexity index is 1240. The summed E-state index contributed by atoms with van der Waals surface area (Å²) in [5.41, 5.74) is 3.45. The highest BCUT2D eigenvalue weighted by Crippen LogP contribution is 2.28. The molecule has 0 atom stereocenters. The van der Waals surface area contributed by atoms with Crippen LogP contribution in [0.1, 0.15) is 5.56 Å². The van der Waals surface area contributed by atoms with E-state index < -0.39 is 0 Å². The molecule has 4 aromatic rings. The van der Waals surface area contributed by atoms with E-state index in [1.54, 1.807) is 42.3 Å². The molecule has 1 aromatic carbocycles. The highest BCUT2D eigenvalue weighted by atomic mass is 35.5. The number of nitrogens with one attached hydrogen (secondary N) is 1. The summed E-state index contributed by atoms with van der Waals surface area (Å²) in [4.78, 5) is 24.4. The van der Waals surface area contributed by atoms with Gasteiger partial charge in [-0.25, -0.2) is 9.97 Å². The van der Waals surface area contributed by atoms with E-state index in [2.05, 4.69) is 20.3 Å². The Morgan fingerprint density at radius 1 is 1.04 bits per heavy atom. The van der Waals surface area contributed by atoms with Crippen LogP contribution >= 0.6 is 23.2 Å². The second kappa shape index (κ2) is 7.58. The third kappa shape index (κ3) is 3.83. The van der Waals surface area contributed by atoms with Crippen LogP contribution in [0.5, 0.6) is 0 Å². The maximum atomic E-state index is 11.7.